The molecule has 0 radical (unpaired) electrons. The summed E-state index contributed by atoms with van der Waals surface area (Å²) in [6.45, 7) is 0. The van der Waals surface area contributed by atoms with Crippen LogP contribution in [0.1, 0.15) is 19.3 Å². The summed E-state index contributed by atoms with van der Waals surface area (Å²) in [5, 5.41) is 10.8. The number of oxime groups is 1. The van der Waals surface area contributed by atoms with E-state index >= 15 is 0 Å². The molecule has 3 nitrogen and oxygen atoms in total. The van der Waals surface area contributed by atoms with Crippen LogP contribution in [0.25, 0.3) is 0 Å². The molecule has 0 amide bonds. The second kappa shape index (κ2) is 6.74. The van der Waals surface area contributed by atoms with Crippen LogP contribution >= 0.6 is 0 Å². The zero-order valence-electron chi connectivity index (χ0n) is 6.12. The standard InChI is InChI=1S/C6H13NO2S/c1-10(9)6-4-2-3-5-7-8/h5,8H,2-4,6H2,1H3. The van der Waals surface area contributed by atoms with E-state index in [4.69, 9.17) is 5.21 Å². The van der Waals surface area contributed by atoms with E-state index in [0.717, 1.165) is 25.0 Å². The molecule has 0 aromatic rings. The number of hydrogen-bond acceptors (Lipinski definition) is 3. The third kappa shape index (κ3) is 7.62. The van der Waals surface area contributed by atoms with Gasteiger partial charge in [-0.3, -0.25) is 4.21 Å². The van der Waals surface area contributed by atoms with Crippen LogP contribution in [0.2, 0.25) is 0 Å². The molecule has 0 saturated carbocycles. The van der Waals surface area contributed by atoms with Crippen LogP contribution in [0.15, 0.2) is 5.16 Å². The molecule has 1 N–H and O–H groups in total. The first-order valence-electron chi connectivity index (χ1n) is 3.23. The fraction of sp³-hybridized carbons (Fsp3) is 0.833. The largest absolute Gasteiger partial charge is 0.411 e. The third-order valence-corrected chi connectivity index (χ3v) is 1.96. The van der Waals surface area contributed by atoms with Crippen LogP contribution in [0.4, 0.5) is 0 Å². The predicted molar refractivity (Wildman–Crippen MR) is 43.1 cm³/mol. The molecule has 0 bridgehead atoms. The van der Waals surface area contributed by atoms with Gasteiger partial charge in [-0.25, -0.2) is 0 Å². The van der Waals surface area contributed by atoms with Crippen molar-refractivity contribution in [1.82, 2.24) is 0 Å². The molecule has 0 aliphatic rings. The minimum atomic E-state index is -0.678. The smallest absolute Gasteiger partial charge is 0.0435 e. The molecule has 4 heteroatoms. The van der Waals surface area contributed by atoms with Crippen molar-refractivity contribution in [2.45, 2.75) is 19.3 Å². The van der Waals surface area contributed by atoms with Gasteiger partial charge in [-0.2, -0.15) is 0 Å². The molecule has 0 aromatic heterocycles. The molecule has 0 saturated heterocycles. The van der Waals surface area contributed by atoms with Gasteiger partial charge >= 0.3 is 0 Å². The highest BCUT2D eigenvalue weighted by Crippen LogP contribution is 1.93. The fourth-order valence-corrected chi connectivity index (χ4v) is 1.21. The quantitative estimate of drug-likeness (QED) is 0.284. The van der Waals surface area contributed by atoms with Crippen molar-refractivity contribution in [3.63, 3.8) is 0 Å². The normalized spacial score (nSPS) is 14.1. The van der Waals surface area contributed by atoms with E-state index in [9.17, 15) is 4.21 Å². The molecule has 60 valence electrons. The van der Waals surface area contributed by atoms with Crippen LogP contribution in [-0.2, 0) is 10.8 Å². The summed E-state index contributed by atoms with van der Waals surface area (Å²) in [5.41, 5.74) is 0. The first-order valence-corrected chi connectivity index (χ1v) is 4.96. The third-order valence-electron chi connectivity index (χ3n) is 1.10. The van der Waals surface area contributed by atoms with Crippen molar-refractivity contribution in [2.24, 2.45) is 5.16 Å². The molecule has 1 atom stereocenters. The number of unbranched alkanes of at least 4 members (excludes halogenated alkanes) is 2. The van der Waals surface area contributed by atoms with Crippen LogP contribution in [0.3, 0.4) is 0 Å². The summed E-state index contributed by atoms with van der Waals surface area (Å²) in [6.07, 6.45) is 5.81. The summed E-state index contributed by atoms with van der Waals surface area (Å²) in [5.74, 6) is 0.749. The SMILES string of the molecule is CS(=O)CCCCC=NO. The average molecular weight is 163 g/mol. The molecule has 0 aromatic carbocycles. The van der Waals surface area contributed by atoms with E-state index in [1.807, 2.05) is 0 Å². The minimum Gasteiger partial charge on any atom is -0.411 e. The van der Waals surface area contributed by atoms with Crippen LogP contribution < -0.4 is 0 Å². The number of nitrogens with zero attached hydrogens (tertiary/aromatic N) is 1. The Labute approximate surface area is 63.6 Å². The lowest BCUT2D eigenvalue weighted by molar-refractivity contribution is 0.320. The highest BCUT2D eigenvalue weighted by Gasteiger charge is 1.89. The molecule has 0 heterocycles. The second-order valence-corrected chi connectivity index (χ2v) is 3.63. The Morgan fingerprint density at radius 1 is 1.60 bits per heavy atom. The topological polar surface area (TPSA) is 49.7 Å². The van der Waals surface area contributed by atoms with E-state index < -0.39 is 10.8 Å². The molecule has 10 heavy (non-hydrogen) atoms. The zero-order chi connectivity index (χ0) is 7.82. The Morgan fingerprint density at radius 3 is 2.80 bits per heavy atom. The van der Waals surface area contributed by atoms with E-state index in [1.54, 1.807) is 6.26 Å². The van der Waals surface area contributed by atoms with Crippen LogP contribution in [0.5, 0.6) is 0 Å². The van der Waals surface area contributed by atoms with Gasteiger partial charge < -0.3 is 5.21 Å². The Kier molecular flexibility index (Phi) is 6.48. The Balaban J connectivity index is 2.98. The molecule has 0 rings (SSSR count). The maximum atomic E-state index is 10.5. The molecule has 0 spiro atoms. The van der Waals surface area contributed by atoms with Gasteiger partial charge in [0.05, 0.1) is 0 Å². The Hall–Kier alpha value is -0.380. The van der Waals surface area contributed by atoms with Crippen molar-refractivity contribution in [2.75, 3.05) is 12.0 Å². The highest BCUT2D eigenvalue weighted by atomic mass is 32.2. The summed E-state index contributed by atoms with van der Waals surface area (Å²) in [6, 6.07) is 0. The molecular weight excluding hydrogens is 150 g/mol. The maximum absolute atomic E-state index is 10.5. The molecule has 1 unspecified atom stereocenters. The highest BCUT2D eigenvalue weighted by molar-refractivity contribution is 7.84. The van der Waals surface area contributed by atoms with Crippen LogP contribution in [-0.4, -0.2) is 27.6 Å². The van der Waals surface area contributed by atoms with Gasteiger partial charge in [-0.1, -0.05) is 0 Å². The lowest BCUT2D eigenvalue weighted by atomic mass is 10.3. The molecule has 0 aliphatic heterocycles. The molecule has 0 aliphatic carbocycles. The van der Waals surface area contributed by atoms with E-state index in [0.29, 0.717) is 0 Å². The lowest BCUT2D eigenvalue weighted by Gasteiger charge is -1.92. The van der Waals surface area contributed by atoms with E-state index in [1.165, 1.54) is 6.21 Å². The Morgan fingerprint density at radius 2 is 2.30 bits per heavy atom. The maximum Gasteiger partial charge on any atom is 0.0435 e. The first-order chi connectivity index (χ1) is 4.77. The van der Waals surface area contributed by atoms with Crippen molar-refractivity contribution in [3.05, 3.63) is 0 Å². The van der Waals surface area contributed by atoms with E-state index in [-0.39, 0.29) is 0 Å². The second-order valence-electron chi connectivity index (χ2n) is 2.07. The van der Waals surface area contributed by atoms with Gasteiger partial charge in [0.25, 0.3) is 0 Å². The van der Waals surface area contributed by atoms with Gasteiger partial charge in [-0.05, 0) is 19.3 Å². The van der Waals surface area contributed by atoms with Gasteiger partial charge in [0, 0.05) is 29.0 Å². The van der Waals surface area contributed by atoms with Crippen molar-refractivity contribution < 1.29 is 9.42 Å². The van der Waals surface area contributed by atoms with Gasteiger partial charge in [0.2, 0.25) is 0 Å². The van der Waals surface area contributed by atoms with Crippen LogP contribution in [0, 0.1) is 0 Å². The summed E-state index contributed by atoms with van der Waals surface area (Å²) in [4.78, 5) is 0. The van der Waals surface area contributed by atoms with E-state index in [2.05, 4.69) is 5.16 Å². The zero-order valence-corrected chi connectivity index (χ0v) is 6.93. The van der Waals surface area contributed by atoms with Crippen molar-refractivity contribution in [3.8, 4) is 0 Å². The molecule has 0 fully saturated rings. The monoisotopic (exact) mass is 163 g/mol. The summed E-state index contributed by atoms with van der Waals surface area (Å²) >= 11 is 0. The summed E-state index contributed by atoms with van der Waals surface area (Å²) < 4.78 is 10.5. The average Bonchev–Trinajstić information content (AvgIpc) is 1.87. The lowest BCUT2D eigenvalue weighted by Crippen LogP contribution is -1.93. The summed E-state index contributed by atoms with van der Waals surface area (Å²) in [7, 11) is -0.678. The Bertz CT molecular complexity index is 125. The van der Waals surface area contributed by atoms with Gasteiger partial charge in [0.1, 0.15) is 0 Å². The van der Waals surface area contributed by atoms with Gasteiger partial charge in [-0.15, -0.1) is 5.16 Å². The number of hydrogen-bond donors (Lipinski definition) is 1. The van der Waals surface area contributed by atoms with Gasteiger partial charge in [0.15, 0.2) is 0 Å². The minimum absolute atomic E-state index is 0.678. The number of rotatable bonds is 5. The van der Waals surface area contributed by atoms with Crippen molar-refractivity contribution in [1.29, 1.82) is 0 Å². The first kappa shape index (κ1) is 9.62. The molecular formula is C6H13NO2S. The predicted octanol–water partition coefficient (Wildman–Crippen LogP) is 0.995. The fourth-order valence-electron chi connectivity index (χ4n) is 0.599. The van der Waals surface area contributed by atoms with Crippen molar-refractivity contribution >= 4 is 17.0 Å².